The van der Waals surface area contributed by atoms with Gasteiger partial charge < -0.3 is 9.84 Å². The van der Waals surface area contributed by atoms with Crippen LogP contribution in [0.1, 0.15) is 38.9 Å². The largest absolute Gasteiger partial charge is 0.442 e. The van der Waals surface area contributed by atoms with Crippen molar-refractivity contribution in [3.8, 4) is 0 Å². The van der Waals surface area contributed by atoms with E-state index in [4.69, 9.17) is 9.57 Å². The number of hydrogen-bond donors (Lipinski definition) is 2. The molecule has 1 atom stereocenters. The molecular weight excluding hydrogens is 345 g/mol. The molecule has 2 N–H and O–H groups in total. The molecule has 7 heteroatoms. The molecule has 0 heterocycles. The zero-order valence-corrected chi connectivity index (χ0v) is 13.7. The van der Waals surface area contributed by atoms with E-state index in [1.165, 1.54) is 12.1 Å². The van der Waals surface area contributed by atoms with E-state index in [0.717, 1.165) is 0 Å². The van der Waals surface area contributed by atoms with E-state index in [0.29, 0.717) is 10.0 Å². The lowest BCUT2D eigenvalue weighted by atomic mass is 10.1. The van der Waals surface area contributed by atoms with Crippen molar-refractivity contribution in [3.05, 3.63) is 34.1 Å². The van der Waals surface area contributed by atoms with Gasteiger partial charge in [0.2, 0.25) is 0 Å². The van der Waals surface area contributed by atoms with Gasteiger partial charge in [-0.05, 0) is 44.5 Å². The van der Waals surface area contributed by atoms with Crippen LogP contribution in [0, 0.1) is 5.82 Å². The molecule has 0 aliphatic heterocycles. The summed E-state index contributed by atoms with van der Waals surface area (Å²) in [6.07, 6.45) is -1.39. The number of aliphatic hydroxyl groups excluding tert-OH is 1. The van der Waals surface area contributed by atoms with Crippen LogP contribution >= 0.6 is 15.9 Å². The van der Waals surface area contributed by atoms with Crippen molar-refractivity contribution in [1.82, 2.24) is 5.48 Å². The predicted octanol–water partition coefficient (Wildman–Crippen LogP) is 3.47. The highest BCUT2D eigenvalue weighted by Gasteiger charge is 2.16. The van der Waals surface area contributed by atoms with Crippen LogP contribution < -0.4 is 5.48 Å². The Morgan fingerprint density at radius 2 is 2.10 bits per heavy atom. The van der Waals surface area contributed by atoms with Gasteiger partial charge >= 0.3 is 6.09 Å². The van der Waals surface area contributed by atoms with Crippen LogP contribution in [0.25, 0.3) is 0 Å². The van der Waals surface area contributed by atoms with E-state index < -0.39 is 23.6 Å². The average Bonchev–Trinajstić information content (AvgIpc) is 2.31. The molecule has 1 amide bonds. The number of ether oxygens (including phenoxy) is 1. The number of benzene rings is 1. The molecular formula is C14H19BrFNO4. The minimum atomic E-state index is -0.891. The topological polar surface area (TPSA) is 67.8 Å². The van der Waals surface area contributed by atoms with Crippen LogP contribution in [-0.4, -0.2) is 23.4 Å². The van der Waals surface area contributed by atoms with Gasteiger partial charge in [0.1, 0.15) is 11.4 Å². The first-order valence-corrected chi connectivity index (χ1v) is 7.21. The fraction of sp³-hybridized carbons (Fsp3) is 0.500. The maximum absolute atomic E-state index is 13.2. The highest BCUT2D eigenvalue weighted by atomic mass is 79.9. The molecule has 0 radical (unpaired) electrons. The van der Waals surface area contributed by atoms with E-state index in [1.54, 1.807) is 26.8 Å². The molecule has 0 aromatic heterocycles. The number of halogens is 2. The maximum atomic E-state index is 13.2. The normalized spacial score (nSPS) is 12.9. The van der Waals surface area contributed by atoms with E-state index in [9.17, 15) is 14.3 Å². The second kappa shape index (κ2) is 7.72. The van der Waals surface area contributed by atoms with Crippen LogP contribution in [0.15, 0.2) is 22.7 Å². The molecule has 0 fully saturated rings. The van der Waals surface area contributed by atoms with Crippen molar-refractivity contribution < 1.29 is 23.9 Å². The van der Waals surface area contributed by atoms with Crippen LogP contribution in [0.5, 0.6) is 0 Å². The zero-order valence-electron chi connectivity index (χ0n) is 12.2. The third-order valence-electron chi connectivity index (χ3n) is 2.32. The second-order valence-corrected chi connectivity index (χ2v) is 6.38. The number of nitrogens with one attached hydrogen (secondary N) is 1. The molecule has 1 aromatic rings. The minimum absolute atomic E-state index is 0.0640. The van der Waals surface area contributed by atoms with Crippen LogP contribution in [0.4, 0.5) is 9.18 Å². The van der Waals surface area contributed by atoms with Gasteiger partial charge in [-0.15, -0.1) is 0 Å². The average molecular weight is 364 g/mol. The molecule has 0 saturated carbocycles. The number of hydroxylamine groups is 1. The van der Waals surface area contributed by atoms with E-state index >= 15 is 0 Å². The maximum Gasteiger partial charge on any atom is 0.431 e. The third kappa shape index (κ3) is 7.40. The monoisotopic (exact) mass is 363 g/mol. The summed E-state index contributed by atoms with van der Waals surface area (Å²) in [5, 5.41) is 9.91. The molecule has 0 spiro atoms. The van der Waals surface area contributed by atoms with Gasteiger partial charge in [0, 0.05) is 10.9 Å². The SMILES string of the molecule is CC(C)(C)OC(=O)NOCC[C@H](O)c1cc(F)cc(Br)c1. The lowest BCUT2D eigenvalue weighted by molar-refractivity contribution is -0.0162. The molecule has 1 aromatic carbocycles. The number of amides is 1. The zero-order chi connectivity index (χ0) is 16.0. The molecule has 5 nitrogen and oxygen atoms in total. The van der Waals surface area contributed by atoms with Crippen molar-refractivity contribution in [2.45, 2.75) is 38.9 Å². The van der Waals surface area contributed by atoms with Gasteiger partial charge in [-0.1, -0.05) is 15.9 Å². The van der Waals surface area contributed by atoms with Gasteiger partial charge in [-0.25, -0.2) is 9.18 Å². The van der Waals surface area contributed by atoms with Crippen LogP contribution in [0.3, 0.4) is 0 Å². The molecule has 0 bridgehead atoms. The van der Waals surface area contributed by atoms with E-state index in [1.807, 2.05) is 0 Å². The van der Waals surface area contributed by atoms with Crippen molar-refractivity contribution >= 4 is 22.0 Å². The first-order valence-electron chi connectivity index (χ1n) is 6.42. The van der Waals surface area contributed by atoms with Gasteiger partial charge in [0.05, 0.1) is 12.7 Å². The fourth-order valence-electron chi connectivity index (χ4n) is 1.51. The first-order chi connectivity index (χ1) is 9.67. The lowest BCUT2D eigenvalue weighted by Crippen LogP contribution is -2.32. The van der Waals surface area contributed by atoms with Gasteiger partial charge in [-0.3, -0.25) is 4.84 Å². The molecule has 1 rings (SSSR count). The minimum Gasteiger partial charge on any atom is -0.442 e. The molecule has 118 valence electrons. The third-order valence-corrected chi connectivity index (χ3v) is 2.78. The number of hydrogen-bond acceptors (Lipinski definition) is 4. The molecule has 0 saturated heterocycles. The van der Waals surface area contributed by atoms with Crippen molar-refractivity contribution in [2.75, 3.05) is 6.61 Å². The molecule has 0 unspecified atom stereocenters. The van der Waals surface area contributed by atoms with Crippen molar-refractivity contribution in [3.63, 3.8) is 0 Å². The Bertz CT molecular complexity index is 470. The van der Waals surface area contributed by atoms with Crippen molar-refractivity contribution in [1.29, 1.82) is 0 Å². The van der Waals surface area contributed by atoms with Crippen LogP contribution in [-0.2, 0) is 9.57 Å². The molecule has 0 aliphatic carbocycles. The Labute approximate surface area is 131 Å². The number of carbonyl (C=O) groups is 1. The fourth-order valence-corrected chi connectivity index (χ4v) is 2.00. The Balaban J connectivity index is 2.34. The number of aliphatic hydroxyl groups is 1. The Kier molecular flexibility index (Phi) is 6.57. The standard InChI is InChI=1S/C14H19BrFNO4/c1-14(2,3)21-13(19)17-20-5-4-12(18)9-6-10(15)8-11(16)7-9/h6-8,12,18H,4-5H2,1-3H3,(H,17,19)/t12-/m0/s1. The summed E-state index contributed by atoms with van der Waals surface area (Å²) in [5.41, 5.74) is 1.94. The van der Waals surface area contributed by atoms with Gasteiger partial charge in [-0.2, -0.15) is 5.48 Å². The first kappa shape index (κ1) is 17.9. The predicted molar refractivity (Wildman–Crippen MR) is 79.0 cm³/mol. The highest BCUT2D eigenvalue weighted by Crippen LogP contribution is 2.22. The molecule has 0 aliphatic rings. The van der Waals surface area contributed by atoms with Gasteiger partial charge in [0.25, 0.3) is 0 Å². The smallest absolute Gasteiger partial charge is 0.431 e. The summed E-state index contributed by atoms with van der Waals surface area (Å²) in [6.45, 7) is 5.27. The molecule has 21 heavy (non-hydrogen) atoms. The van der Waals surface area contributed by atoms with Crippen LogP contribution in [0.2, 0.25) is 0 Å². The number of rotatable bonds is 5. The summed E-state index contributed by atoms with van der Waals surface area (Å²) in [7, 11) is 0. The number of carbonyl (C=O) groups excluding carboxylic acids is 1. The van der Waals surface area contributed by atoms with Gasteiger partial charge in [0.15, 0.2) is 0 Å². The Morgan fingerprint density at radius 1 is 1.43 bits per heavy atom. The summed E-state index contributed by atoms with van der Waals surface area (Å²) in [6, 6.07) is 4.17. The highest BCUT2D eigenvalue weighted by molar-refractivity contribution is 9.10. The van der Waals surface area contributed by atoms with E-state index in [2.05, 4.69) is 21.4 Å². The van der Waals surface area contributed by atoms with Crippen molar-refractivity contribution in [2.24, 2.45) is 0 Å². The summed E-state index contributed by atoms with van der Waals surface area (Å²) < 4.78 is 18.7. The second-order valence-electron chi connectivity index (χ2n) is 5.46. The quantitative estimate of drug-likeness (QED) is 0.620. The summed E-state index contributed by atoms with van der Waals surface area (Å²) in [5.74, 6) is -0.439. The van der Waals surface area contributed by atoms with E-state index in [-0.39, 0.29) is 13.0 Å². The summed E-state index contributed by atoms with van der Waals surface area (Å²) >= 11 is 3.15. The lowest BCUT2D eigenvalue weighted by Gasteiger charge is -2.19. The summed E-state index contributed by atoms with van der Waals surface area (Å²) in [4.78, 5) is 16.2. The Morgan fingerprint density at radius 3 is 2.67 bits per heavy atom. The Hall–Kier alpha value is -1.18.